The molecule has 0 aromatic heterocycles. The first kappa shape index (κ1) is 13.4. The van der Waals surface area contributed by atoms with E-state index in [0.717, 1.165) is 6.42 Å². The highest BCUT2D eigenvalue weighted by Crippen LogP contribution is 2.54. The zero-order valence-electron chi connectivity index (χ0n) is 13.5. The van der Waals surface area contributed by atoms with Crippen LogP contribution in [0.5, 0.6) is 0 Å². The van der Waals surface area contributed by atoms with Crippen LogP contribution in [0.4, 0.5) is 0 Å². The van der Waals surface area contributed by atoms with Crippen molar-refractivity contribution in [3.63, 3.8) is 0 Å². The summed E-state index contributed by atoms with van der Waals surface area (Å²) in [4.78, 5) is 0. The molecule has 0 heteroatoms. The van der Waals surface area contributed by atoms with Gasteiger partial charge in [-0.15, -0.1) is 0 Å². The number of hydrogen-bond donors (Lipinski definition) is 0. The first-order chi connectivity index (χ1) is 9.41. The van der Waals surface area contributed by atoms with Crippen LogP contribution < -0.4 is 0 Å². The lowest BCUT2D eigenvalue weighted by Crippen LogP contribution is -2.21. The van der Waals surface area contributed by atoms with Crippen molar-refractivity contribution >= 4 is 0 Å². The third-order valence-electron chi connectivity index (χ3n) is 5.30. The van der Waals surface area contributed by atoms with E-state index in [4.69, 9.17) is 0 Å². The fourth-order valence-electron chi connectivity index (χ4n) is 4.17. The van der Waals surface area contributed by atoms with Gasteiger partial charge in [0, 0.05) is 5.41 Å². The van der Waals surface area contributed by atoms with Crippen LogP contribution in [0.2, 0.25) is 0 Å². The maximum absolute atomic E-state index is 2.43. The number of fused-ring (bicyclic) bond motifs is 3. The number of rotatable bonds is 1. The van der Waals surface area contributed by atoms with Gasteiger partial charge in [-0.3, -0.25) is 0 Å². The Morgan fingerprint density at radius 2 is 1.05 bits per heavy atom. The molecule has 0 unspecified atom stereocenters. The van der Waals surface area contributed by atoms with Crippen LogP contribution >= 0.6 is 0 Å². The number of benzene rings is 2. The van der Waals surface area contributed by atoms with Crippen molar-refractivity contribution in [2.24, 2.45) is 0 Å². The van der Waals surface area contributed by atoms with Gasteiger partial charge in [-0.1, -0.05) is 38.1 Å². The van der Waals surface area contributed by atoms with E-state index < -0.39 is 0 Å². The lowest BCUT2D eigenvalue weighted by molar-refractivity contribution is 0.558. The maximum Gasteiger partial charge on any atom is 0.0189 e. The Balaban J connectivity index is 2.55. The van der Waals surface area contributed by atoms with E-state index in [1.807, 2.05) is 0 Å². The molecule has 1 aliphatic rings. The van der Waals surface area contributed by atoms with Crippen molar-refractivity contribution in [2.45, 2.75) is 53.4 Å². The second-order valence-electron chi connectivity index (χ2n) is 6.58. The average molecular weight is 264 g/mol. The minimum atomic E-state index is 0.164. The molecule has 0 atom stereocenters. The highest BCUT2D eigenvalue weighted by atomic mass is 14.4. The zero-order valence-corrected chi connectivity index (χ0v) is 13.5. The molecule has 1 aliphatic carbocycles. The summed E-state index contributed by atoms with van der Waals surface area (Å²) in [6, 6.07) is 9.14. The van der Waals surface area contributed by atoms with E-state index in [-0.39, 0.29) is 5.41 Å². The van der Waals surface area contributed by atoms with Crippen LogP contribution in [-0.2, 0) is 5.41 Å². The van der Waals surface area contributed by atoms with E-state index in [2.05, 4.69) is 65.8 Å². The summed E-state index contributed by atoms with van der Waals surface area (Å²) in [5.41, 5.74) is 12.0. The summed E-state index contributed by atoms with van der Waals surface area (Å²) in [5, 5.41) is 0. The predicted octanol–water partition coefficient (Wildman–Crippen LogP) is 5.62. The van der Waals surface area contributed by atoms with E-state index >= 15 is 0 Å². The highest BCUT2D eigenvalue weighted by molar-refractivity contribution is 5.87. The fraction of sp³-hybridized carbons (Fsp3) is 0.400. The number of aryl methyl sites for hydroxylation is 4. The predicted molar refractivity (Wildman–Crippen MR) is 87.6 cm³/mol. The SMILES string of the molecule is CCC1(C)c2c(C)ccc(C)c2-c2c(C)ccc(C)c21. The molecule has 20 heavy (non-hydrogen) atoms. The van der Waals surface area contributed by atoms with Crippen LogP contribution in [0.15, 0.2) is 24.3 Å². The minimum Gasteiger partial charge on any atom is -0.0642 e. The van der Waals surface area contributed by atoms with Crippen LogP contribution in [0.3, 0.4) is 0 Å². The Hall–Kier alpha value is -1.56. The molecule has 2 aromatic rings. The van der Waals surface area contributed by atoms with Gasteiger partial charge in [-0.05, 0) is 78.6 Å². The Labute approximate surface area is 122 Å². The van der Waals surface area contributed by atoms with E-state index in [1.54, 1.807) is 11.1 Å². The fourth-order valence-corrected chi connectivity index (χ4v) is 4.17. The molecule has 0 radical (unpaired) electrons. The monoisotopic (exact) mass is 264 g/mol. The van der Waals surface area contributed by atoms with Crippen molar-refractivity contribution in [3.05, 3.63) is 57.6 Å². The third-order valence-corrected chi connectivity index (χ3v) is 5.30. The number of hydrogen-bond acceptors (Lipinski definition) is 0. The molecular formula is C20H24. The molecule has 2 aromatic carbocycles. The van der Waals surface area contributed by atoms with E-state index in [0.29, 0.717) is 0 Å². The molecule has 0 bridgehead atoms. The van der Waals surface area contributed by atoms with Crippen LogP contribution in [0, 0.1) is 27.7 Å². The normalized spacial score (nSPS) is 15.1. The third kappa shape index (κ3) is 1.48. The molecule has 3 rings (SSSR count). The lowest BCUT2D eigenvalue weighted by atomic mass is 9.74. The molecule has 0 saturated heterocycles. The minimum absolute atomic E-state index is 0.164. The molecule has 0 heterocycles. The van der Waals surface area contributed by atoms with Gasteiger partial charge < -0.3 is 0 Å². The summed E-state index contributed by atoms with van der Waals surface area (Å²) < 4.78 is 0. The molecule has 104 valence electrons. The Bertz CT molecular complexity index is 647. The summed E-state index contributed by atoms with van der Waals surface area (Å²) in [5.74, 6) is 0. The van der Waals surface area contributed by atoms with Crippen LogP contribution in [0.25, 0.3) is 11.1 Å². The smallest absolute Gasteiger partial charge is 0.0189 e. The largest absolute Gasteiger partial charge is 0.0642 e. The standard InChI is InChI=1S/C20H24/c1-7-20(6)18-14(4)10-8-12(2)16(18)17-13(3)9-11-15(5)19(17)20/h8-11H,7H2,1-6H3. The van der Waals surface area contributed by atoms with Gasteiger partial charge >= 0.3 is 0 Å². The van der Waals surface area contributed by atoms with Crippen molar-refractivity contribution in [1.29, 1.82) is 0 Å². The van der Waals surface area contributed by atoms with Crippen LogP contribution in [-0.4, -0.2) is 0 Å². The molecular weight excluding hydrogens is 240 g/mol. The van der Waals surface area contributed by atoms with Crippen molar-refractivity contribution in [3.8, 4) is 11.1 Å². The maximum atomic E-state index is 2.43. The second kappa shape index (κ2) is 4.22. The molecule has 0 spiro atoms. The second-order valence-corrected chi connectivity index (χ2v) is 6.58. The summed E-state index contributed by atoms with van der Waals surface area (Å²) in [6.07, 6.45) is 1.15. The topological polar surface area (TPSA) is 0 Å². The summed E-state index contributed by atoms with van der Waals surface area (Å²) in [6.45, 7) is 13.8. The molecule has 0 saturated carbocycles. The van der Waals surface area contributed by atoms with Gasteiger partial charge in [-0.25, -0.2) is 0 Å². The van der Waals surface area contributed by atoms with E-state index in [1.165, 1.54) is 33.4 Å². The average Bonchev–Trinajstić information content (AvgIpc) is 2.71. The van der Waals surface area contributed by atoms with Crippen molar-refractivity contribution < 1.29 is 0 Å². The Kier molecular flexibility index (Phi) is 2.83. The van der Waals surface area contributed by atoms with Gasteiger partial charge in [0.2, 0.25) is 0 Å². The quantitative estimate of drug-likeness (QED) is 0.627. The molecule has 0 nitrogen and oxygen atoms in total. The van der Waals surface area contributed by atoms with Gasteiger partial charge in [0.15, 0.2) is 0 Å². The molecule has 0 amide bonds. The highest BCUT2D eigenvalue weighted by Gasteiger charge is 2.41. The van der Waals surface area contributed by atoms with Gasteiger partial charge in [-0.2, -0.15) is 0 Å². The summed E-state index contributed by atoms with van der Waals surface area (Å²) >= 11 is 0. The van der Waals surface area contributed by atoms with Crippen molar-refractivity contribution in [1.82, 2.24) is 0 Å². The Morgan fingerprint density at radius 3 is 1.40 bits per heavy atom. The first-order valence-electron chi connectivity index (χ1n) is 7.63. The molecule has 0 fully saturated rings. The van der Waals surface area contributed by atoms with Gasteiger partial charge in [0.05, 0.1) is 0 Å². The van der Waals surface area contributed by atoms with Crippen molar-refractivity contribution in [2.75, 3.05) is 0 Å². The molecule has 0 N–H and O–H groups in total. The van der Waals surface area contributed by atoms with Gasteiger partial charge in [0.25, 0.3) is 0 Å². The Morgan fingerprint density at radius 1 is 0.700 bits per heavy atom. The first-order valence-corrected chi connectivity index (χ1v) is 7.63. The summed E-state index contributed by atoms with van der Waals surface area (Å²) in [7, 11) is 0. The molecule has 0 aliphatic heterocycles. The van der Waals surface area contributed by atoms with E-state index in [9.17, 15) is 0 Å². The van der Waals surface area contributed by atoms with Crippen LogP contribution in [0.1, 0.15) is 53.6 Å². The zero-order chi connectivity index (χ0) is 14.7. The van der Waals surface area contributed by atoms with Gasteiger partial charge in [0.1, 0.15) is 0 Å². The lowest BCUT2D eigenvalue weighted by Gasteiger charge is -2.29.